The van der Waals surface area contributed by atoms with Crippen molar-refractivity contribution in [3.63, 3.8) is 0 Å². The average molecular weight is 375 g/mol. The maximum absolute atomic E-state index is 12.5. The van der Waals surface area contributed by atoms with Crippen molar-refractivity contribution in [2.45, 2.75) is 13.8 Å². The van der Waals surface area contributed by atoms with E-state index in [2.05, 4.69) is 15.6 Å². The molecule has 1 heterocycles. The van der Waals surface area contributed by atoms with Crippen LogP contribution in [0.25, 0.3) is 0 Å². The smallest absolute Gasteiger partial charge is 0.338 e. The molecule has 0 saturated carbocycles. The first-order valence-corrected chi connectivity index (χ1v) is 8.92. The third-order valence-corrected chi connectivity index (χ3v) is 3.96. The number of nitrogens with one attached hydrogen (secondary N) is 2. The summed E-state index contributed by atoms with van der Waals surface area (Å²) in [6.07, 6.45) is 3.16. The number of aromatic nitrogens is 1. The van der Waals surface area contributed by atoms with Gasteiger partial charge in [-0.3, -0.25) is 9.78 Å². The van der Waals surface area contributed by atoms with Crippen molar-refractivity contribution in [3.8, 4) is 0 Å². The summed E-state index contributed by atoms with van der Waals surface area (Å²) in [5.74, 6) is -0.677. The Morgan fingerprint density at radius 2 is 1.71 bits per heavy atom. The Labute approximate surface area is 163 Å². The van der Waals surface area contributed by atoms with Gasteiger partial charge in [-0.1, -0.05) is 12.1 Å². The van der Waals surface area contributed by atoms with Crippen LogP contribution in [-0.2, 0) is 4.74 Å². The SMILES string of the molecule is CCOC(=O)c1ccc(NC(=O)c2cncc(Nc3cccc(C)c3)c2)cc1. The number of aryl methyl sites for hydroxylation is 1. The number of carbonyl (C=O) groups is 2. The standard InChI is InChI=1S/C22H21N3O3/c1-3-28-22(27)16-7-9-18(10-8-16)25-21(26)17-12-20(14-23-13-17)24-19-6-4-5-15(2)11-19/h4-14,24H,3H2,1-2H3,(H,25,26). The van der Waals surface area contributed by atoms with E-state index in [4.69, 9.17) is 4.74 Å². The molecule has 3 rings (SSSR count). The predicted molar refractivity (Wildman–Crippen MR) is 109 cm³/mol. The van der Waals surface area contributed by atoms with Crippen LogP contribution in [0.3, 0.4) is 0 Å². The zero-order valence-corrected chi connectivity index (χ0v) is 15.7. The van der Waals surface area contributed by atoms with Crippen LogP contribution in [0.4, 0.5) is 17.1 Å². The molecule has 1 amide bonds. The van der Waals surface area contributed by atoms with Crippen molar-refractivity contribution < 1.29 is 14.3 Å². The highest BCUT2D eigenvalue weighted by atomic mass is 16.5. The van der Waals surface area contributed by atoms with Crippen LogP contribution in [0, 0.1) is 6.92 Å². The van der Waals surface area contributed by atoms with Crippen molar-refractivity contribution in [3.05, 3.63) is 83.7 Å². The number of pyridine rings is 1. The minimum absolute atomic E-state index is 0.288. The lowest BCUT2D eigenvalue weighted by Crippen LogP contribution is -2.13. The van der Waals surface area contributed by atoms with Gasteiger partial charge in [0.05, 0.1) is 29.6 Å². The molecule has 0 atom stereocenters. The molecule has 0 unspecified atom stereocenters. The van der Waals surface area contributed by atoms with Gasteiger partial charge in [-0.15, -0.1) is 0 Å². The van der Waals surface area contributed by atoms with Gasteiger partial charge in [0.15, 0.2) is 0 Å². The van der Waals surface area contributed by atoms with Gasteiger partial charge in [0.25, 0.3) is 5.91 Å². The van der Waals surface area contributed by atoms with E-state index in [-0.39, 0.29) is 11.9 Å². The topological polar surface area (TPSA) is 80.3 Å². The number of hydrogen-bond donors (Lipinski definition) is 2. The molecule has 0 spiro atoms. The van der Waals surface area contributed by atoms with E-state index in [1.54, 1.807) is 43.5 Å². The molecule has 0 radical (unpaired) electrons. The summed E-state index contributed by atoms with van der Waals surface area (Å²) in [5, 5.41) is 6.04. The second kappa shape index (κ2) is 8.81. The molecule has 6 heteroatoms. The fourth-order valence-corrected chi connectivity index (χ4v) is 2.63. The molecule has 6 nitrogen and oxygen atoms in total. The highest BCUT2D eigenvalue weighted by Gasteiger charge is 2.10. The van der Waals surface area contributed by atoms with E-state index in [1.807, 2.05) is 31.2 Å². The molecule has 2 N–H and O–H groups in total. The van der Waals surface area contributed by atoms with E-state index < -0.39 is 0 Å². The lowest BCUT2D eigenvalue weighted by molar-refractivity contribution is 0.0526. The lowest BCUT2D eigenvalue weighted by atomic mass is 10.2. The summed E-state index contributed by atoms with van der Waals surface area (Å²) in [4.78, 5) is 28.3. The maximum Gasteiger partial charge on any atom is 0.338 e. The monoisotopic (exact) mass is 375 g/mol. The average Bonchev–Trinajstić information content (AvgIpc) is 2.69. The van der Waals surface area contributed by atoms with Crippen molar-refractivity contribution in [1.82, 2.24) is 4.98 Å². The largest absolute Gasteiger partial charge is 0.462 e. The van der Waals surface area contributed by atoms with Crippen molar-refractivity contribution in [2.75, 3.05) is 17.2 Å². The van der Waals surface area contributed by atoms with E-state index in [0.29, 0.717) is 23.4 Å². The second-order valence-corrected chi connectivity index (χ2v) is 6.21. The molecule has 0 fully saturated rings. The highest BCUT2D eigenvalue weighted by Crippen LogP contribution is 2.19. The van der Waals surface area contributed by atoms with Gasteiger partial charge in [-0.05, 0) is 61.9 Å². The number of ether oxygens (including phenoxy) is 1. The molecular weight excluding hydrogens is 354 g/mol. The Balaban J connectivity index is 1.68. The third-order valence-electron chi connectivity index (χ3n) is 3.96. The molecule has 1 aromatic heterocycles. The lowest BCUT2D eigenvalue weighted by Gasteiger charge is -2.09. The van der Waals surface area contributed by atoms with Gasteiger partial charge >= 0.3 is 5.97 Å². The van der Waals surface area contributed by atoms with Crippen LogP contribution in [0.5, 0.6) is 0 Å². The Hall–Kier alpha value is -3.67. The van der Waals surface area contributed by atoms with Crippen LogP contribution in [0.2, 0.25) is 0 Å². The summed E-state index contributed by atoms with van der Waals surface area (Å²) in [7, 11) is 0. The van der Waals surface area contributed by atoms with Crippen molar-refractivity contribution in [1.29, 1.82) is 0 Å². The first-order valence-electron chi connectivity index (χ1n) is 8.92. The molecule has 0 aliphatic heterocycles. The second-order valence-electron chi connectivity index (χ2n) is 6.21. The van der Waals surface area contributed by atoms with Gasteiger partial charge in [-0.2, -0.15) is 0 Å². The molecule has 3 aromatic rings. The first kappa shape index (κ1) is 19.1. The van der Waals surface area contributed by atoms with Crippen LogP contribution in [0.15, 0.2) is 67.0 Å². The van der Waals surface area contributed by atoms with Gasteiger partial charge in [0.1, 0.15) is 0 Å². The fraction of sp³-hybridized carbons (Fsp3) is 0.136. The molecule has 2 aromatic carbocycles. The number of nitrogens with zero attached hydrogens (tertiary/aromatic N) is 1. The van der Waals surface area contributed by atoms with Crippen molar-refractivity contribution in [2.24, 2.45) is 0 Å². The van der Waals surface area contributed by atoms with Crippen LogP contribution < -0.4 is 10.6 Å². The first-order chi connectivity index (χ1) is 13.5. The highest BCUT2D eigenvalue weighted by molar-refractivity contribution is 6.04. The Morgan fingerprint density at radius 3 is 2.43 bits per heavy atom. The summed E-state index contributed by atoms with van der Waals surface area (Å²) >= 11 is 0. The quantitative estimate of drug-likeness (QED) is 0.617. The Kier molecular flexibility index (Phi) is 6.01. The van der Waals surface area contributed by atoms with E-state index >= 15 is 0 Å². The van der Waals surface area contributed by atoms with E-state index in [9.17, 15) is 9.59 Å². The Bertz CT molecular complexity index is 984. The van der Waals surface area contributed by atoms with Crippen LogP contribution >= 0.6 is 0 Å². The van der Waals surface area contributed by atoms with Gasteiger partial charge in [0, 0.05) is 17.6 Å². The number of rotatable bonds is 6. The van der Waals surface area contributed by atoms with Crippen LogP contribution in [0.1, 0.15) is 33.2 Å². The molecule has 0 bridgehead atoms. The van der Waals surface area contributed by atoms with E-state index in [1.165, 1.54) is 6.20 Å². The third kappa shape index (κ3) is 4.94. The Morgan fingerprint density at radius 1 is 0.929 bits per heavy atom. The maximum atomic E-state index is 12.5. The van der Waals surface area contributed by atoms with Crippen LogP contribution in [-0.4, -0.2) is 23.5 Å². The number of anilines is 3. The van der Waals surface area contributed by atoms with Gasteiger partial charge < -0.3 is 15.4 Å². The molecular formula is C22H21N3O3. The molecule has 0 aliphatic rings. The summed E-state index contributed by atoms with van der Waals surface area (Å²) < 4.78 is 4.95. The predicted octanol–water partition coefficient (Wildman–Crippen LogP) is 4.56. The van der Waals surface area contributed by atoms with Gasteiger partial charge in [-0.25, -0.2) is 4.79 Å². The summed E-state index contributed by atoms with van der Waals surface area (Å²) in [6, 6.07) is 16.2. The molecule has 28 heavy (non-hydrogen) atoms. The van der Waals surface area contributed by atoms with E-state index in [0.717, 1.165) is 16.9 Å². The zero-order chi connectivity index (χ0) is 19.9. The number of carbonyl (C=O) groups excluding carboxylic acids is 2. The van der Waals surface area contributed by atoms with Crippen molar-refractivity contribution >= 4 is 28.9 Å². The number of amides is 1. The normalized spacial score (nSPS) is 10.2. The zero-order valence-electron chi connectivity index (χ0n) is 15.7. The minimum atomic E-state index is -0.389. The number of esters is 1. The fourth-order valence-electron chi connectivity index (χ4n) is 2.63. The van der Waals surface area contributed by atoms with Gasteiger partial charge in [0.2, 0.25) is 0 Å². The molecule has 142 valence electrons. The summed E-state index contributed by atoms with van der Waals surface area (Å²) in [5.41, 5.74) is 4.22. The summed E-state index contributed by atoms with van der Waals surface area (Å²) in [6.45, 7) is 4.08. The molecule has 0 aliphatic carbocycles. The molecule has 0 saturated heterocycles. The number of benzene rings is 2. The minimum Gasteiger partial charge on any atom is -0.462 e. The number of hydrogen-bond acceptors (Lipinski definition) is 5.